The number of carboxylic acid groups (broad SMARTS) is 1. The Morgan fingerprint density at radius 3 is 1.96 bits per heavy atom. The van der Waals surface area contributed by atoms with Crippen LogP contribution in [-0.2, 0) is 19.2 Å². The first-order valence-corrected chi connectivity index (χ1v) is 9.47. The molecule has 0 bridgehead atoms. The van der Waals surface area contributed by atoms with E-state index in [9.17, 15) is 24.3 Å². The van der Waals surface area contributed by atoms with Gasteiger partial charge in [-0.05, 0) is 39.2 Å². The third kappa shape index (κ3) is 8.50. The lowest BCUT2D eigenvalue weighted by Gasteiger charge is -2.24. The Bertz CT molecular complexity index is 516. The molecular weight excluding hydrogens is 364 g/mol. The first-order valence-electron chi connectivity index (χ1n) is 8.07. The third-order valence-corrected chi connectivity index (χ3v) is 4.16. The molecule has 150 valence electrons. The smallest absolute Gasteiger partial charge is 0.325 e. The zero-order valence-electron chi connectivity index (χ0n) is 15.3. The number of aliphatic carboxylic acids is 1. The number of rotatable bonds is 11. The first-order chi connectivity index (χ1) is 12.0. The maximum Gasteiger partial charge on any atom is 0.325 e. The maximum atomic E-state index is 12.3. The van der Waals surface area contributed by atoms with Crippen LogP contribution < -0.4 is 21.7 Å². The van der Waals surface area contributed by atoms with Gasteiger partial charge in [0.05, 0.1) is 12.1 Å². The standard InChI is InChI=1S/C15H28N4O6S/c1-7(12(21)18-8(2)15(24)25)17-14(23)11(9(3)20)19-13(22)10(16)5-6-26-4/h7-11,20H,5-6,16H2,1-4H3,(H,17,23)(H,18,21)(H,19,22)(H,24,25). The number of carbonyl (C=O) groups is 4. The van der Waals surface area contributed by atoms with Gasteiger partial charge in [-0.3, -0.25) is 19.2 Å². The fraction of sp³-hybridized carbons (Fsp3) is 0.733. The molecule has 0 spiro atoms. The fourth-order valence-corrected chi connectivity index (χ4v) is 2.30. The van der Waals surface area contributed by atoms with Gasteiger partial charge in [-0.15, -0.1) is 0 Å². The summed E-state index contributed by atoms with van der Waals surface area (Å²) in [6, 6.07) is -4.31. The van der Waals surface area contributed by atoms with E-state index in [1.165, 1.54) is 32.5 Å². The Balaban J connectivity index is 4.79. The van der Waals surface area contributed by atoms with Gasteiger partial charge in [0.2, 0.25) is 17.7 Å². The van der Waals surface area contributed by atoms with Crippen LogP contribution in [0.3, 0.4) is 0 Å². The van der Waals surface area contributed by atoms with Gasteiger partial charge in [-0.1, -0.05) is 0 Å². The SMILES string of the molecule is CSCCC(N)C(=O)NC(C(=O)NC(C)C(=O)NC(C)C(=O)O)C(C)O. The van der Waals surface area contributed by atoms with E-state index in [1.807, 2.05) is 6.26 Å². The van der Waals surface area contributed by atoms with Crippen molar-refractivity contribution in [3.05, 3.63) is 0 Å². The van der Waals surface area contributed by atoms with Crippen LogP contribution in [0.5, 0.6) is 0 Å². The van der Waals surface area contributed by atoms with Crippen molar-refractivity contribution in [2.24, 2.45) is 5.73 Å². The molecule has 10 nitrogen and oxygen atoms in total. The molecule has 0 saturated heterocycles. The molecule has 11 heteroatoms. The predicted molar refractivity (Wildman–Crippen MR) is 97.4 cm³/mol. The zero-order chi connectivity index (χ0) is 20.4. The zero-order valence-corrected chi connectivity index (χ0v) is 16.1. The predicted octanol–water partition coefficient (Wildman–Crippen LogP) is -1.97. The first kappa shape index (κ1) is 24.1. The number of aliphatic hydroxyl groups is 1. The van der Waals surface area contributed by atoms with Crippen molar-refractivity contribution in [3.8, 4) is 0 Å². The van der Waals surface area contributed by atoms with E-state index >= 15 is 0 Å². The maximum absolute atomic E-state index is 12.3. The largest absolute Gasteiger partial charge is 0.480 e. The highest BCUT2D eigenvalue weighted by Crippen LogP contribution is 2.01. The summed E-state index contributed by atoms with van der Waals surface area (Å²) in [5.74, 6) is -2.63. The Hall–Kier alpha value is -1.85. The Morgan fingerprint density at radius 2 is 1.50 bits per heavy atom. The van der Waals surface area contributed by atoms with Gasteiger partial charge in [0.1, 0.15) is 18.1 Å². The summed E-state index contributed by atoms with van der Waals surface area (Å²) in [6.07, 6.45) is 1.06. The molecule has 0 saturated carbocycles. The Morgan fingerprint density at radius 1 is 0.962 bits per heavy atom. The number of aliphatic hydroxyl groups excluding tert-OH is 1. The van der Waals surface area contributed by atoms with E-state index < -0.39 is 54.0 Å². The minimum atomic E-state index is -1.30. The van der Waals surface area contributed by atoms with E-state index in [-0.39, 0.29) is 0 Å². The van der Waals surface area contributed by atoms with E-state index in [1.54, 1.807) is 0 Å². The van der Waals surface area contributed by atoms with Crippen molar-refractivity contribution in [2.75, 3.05) is 12.0 Å². The number of nitrogens with one attached hydrogen (secondary N) is 3. The van der Waals surface area contributed by atoms with Crippen LogP contribution in [0.1, 0.15) is 27.2 Å². The second kappa shape index (κ2) is 11.7. The van der Waals surface area contributed by atoms with Crippen LogP contribution in [0, 0.1) is 0 Å². The number of thioether (sulfide) groups is 1. The molecule has 0 fully saturated rings. The van der Waals surface area contributed by atoms with Crippen LogP contribution in [0.25, 0.3) is 0 Å². The fourth-order valence-electron chi connectivity index (χ4n) is 1.81. The number of hydrogen-bond donors (Lipinski definition) is 6. The average Bonchev–Trinajstić information content (AvgIpc) is 2.56. The molecule has 5 atom stereocenters. The van der Waals surface area contributed by atoms with Crippen LogP contribution in [0.15, 0.2) is 0 Å². The van der Waals surface area contributed by atoms with Crippen LogP contribution >= 0.6 is 11.8 Å². The summed E-state index contributed by atoms with van der Waals surface area (Å²) in [5, 5.41) is 25.4. The lowest BCUT2D eigenvalue weighted by atomic mass is 10.1. The van der Waals surface area contributed by atoms with Gasteiger partial charge < -0.3 is 31.9 Å². The second-order valence-corrected chi connectivity index (χ2v) is 6.90. The minimum Gasteiger partial charge on any atom is -0.480 e. The summed E-state index contributed by atoms with van der Waals surface area (Å²) in [4.78, 5) is 46.9. The van der Waals surface area contributed by atoms with Gasteiger partial charge in [-0.2, -0.15) is 11.8 Å². The van der Waals surface area contributed by atoms with Crippen molar-refractivity contribution in [3.63, 3.8) is 0 Å². The Labute approximate surface area is 156 Å². The molecule has 26 heavy (non-hydrogen) atoms. The molecule has 0 aliphatic rings. The molecule has 0 aromatic heterocycles. The molecule has 0 radical (unpaired) electrons. The van der Waals surface area contributed by atoms with Crippen LogP contribution in [-0.4, -0.2) is 76.2 Å². The van der Waals surface area contributed by atoms with Crippen molar-refractivity contribution in [1.82, 2.24) is 16.0 Å². The molecular formula is C15H28N4O6S. The number of carboxylic acids is 1. The van der Waals surface area contributed by atoms with Crippen molar-refractivity contribution < 1.29 is 29.4 Å². The molecule has 5 unspecified atom stereocenters. The number of nitrogens with two attached hydrogens (primary N) is 1. The van der Waals surface area contributed by atoms with Gasteiger partial charge >= 0.3 is 5.97 Å². The molecule has 3 amide bonds. The highest BCUT2D eigenvalue weighted by Gasteiger charge is 2.30. The second-order valence-electron chi connectivity index (χ2n) is 5.91. The molecule has 7 N–H and O–H groups in total. The van der Waals surface area contributed by atoms with Gasteiger partial charge in [0, 0.05) is 0 Å². The van der Waals surface area contributed by atoms with Gasteiger partial charge in [0.25, 0.3) is 0 Å². The lowest BCUT2D eigenvalue weighted by molar-refractivity contribution is -0.141. The number of carbonyl (C=O) groups excluding carboxylic acids is 3. The molecule has 0 aromatic carbocycles. The van der Waals surface area contributed by atoms with Gasteiger partial charge in [-0.25, -0.2) is 0 Å². The van der Waals surface area contributed by atoms with Gasteiger partial charge in [0.15, 0.2) is 0 Å². The molecule has 0 aliphatic heterocycles. The van der Waals surface area contributed by atoms with E-state index in [2.05, 4.69) is 16.0 Å². The summed E-state index contributed by atoms with van der Waals surface area (Å²) in [6.45, 7) is 3.95. The van der Waals surface area contributed by atoms with Crippen molar-refractivity contribution >= 4 is 35.5 Å². The summed E-state index contributed by atoms with van der Waals surface area (Å²) in [7, 11) is 0. The molecule has 0 rings (SSSR count). The lowest BCUT2D eigenvalue weighted by Crippen LogP contribution is -2.59. The quantitative estimate of drug-likeness (QED) is 0.235. The monoisotopic (exact) mass is 392 g/mol. The summed E-state index contributed by atoms with van der Waals surface area (Å²) >= 11 is 1.52. The van der Waals surface area contributed by atoms with Crippen LogP contribution in [0.2, 0.25) is 0 Å². The molecule has 0 aliphatic carbocycles. The van der Waals surface area contributed by atoms with E-state index in [0.717, 1.165) is 0 Å². The third-order valence-electron chi connectivity index (χ3n) is 3.51. The molecule has 0 aromatic rings. The van der Waals surface area contributed by atoms with Crippen molar-refractivity contribution in [2.45, 2.75) is 57.5 Å². The normalized spacial score (nSPS) is 16.5. The van der Waals surface area contributed by atoms with E-state index in [0.29, 0.717) is 12.2 Å². The van der Waals surface area contributed by atoms with Crippen LogP contribution in [0.4, 0.5) is 0 Å². The van der Waals surface area contributed by atoms with Crippen molar-refractivity contribution in [1.29, 1.82) is 0 Å². The number of amides is 3. The highest BCUT2D eigenvalue weighted by molar-refractivity contribution is 7.98. The average molecular weight is 392 g/mol. The van der Waals surface area contributed by atoms with E-state index in [4.69, 9.17) is 10.8 Å². The minimum absolute atomic E-state index is 0.410. The topological polar surface area (TPSA) is 171 Å². The highest BCUT2D eigenvalue weighted by atomic mass is 32.2. The summed E-state index contributed by atoms with van der Waals surface area (Å²) in [5.41, 5.74) is 5.73. The Kier molecular flexibility index (Phi) is 10.9. The molecule has 0 heterocycles. The summed E-state index contributed by atoms with van der Waals surface area (Å²) < 4.78 is 0. The number of hydrogen-bond acceptors (Lipinski definition) is 7.